The zero-order valence-electron chi connectivity index (χ0n) is 11.2. The van der Waals surface area contributed by atoms with Gasteiger partial charge in [-0.1, -0.05) is 18.6 Å². The molecule has 102 valence electrons. The molecule has 0 aromatic heterocycles. The molecule has 0 atom stereocenters. The van der Waals surface area contributed by atoms with E-state index >= 15 is 0 Å². The van der Waals surface area contributed by atoms with Crippen molar-refractivity contribution in [3.05, 3.63) is 24.3 Å². The molecule has 0 fully saturated rings. The number of unbranched alkanes of at least 4 members (excludes halogenated alkanes) is 2. The van der Waals surface area contributed by atoms with E-state index in [2.05, 4.69) is 22.9 Å². The van der Waals surface area contributed by atoms with Crippen LogP contribution in [0.5, 0.6) is 0 Å². The summed E-state index contributed by atoms with van der Waals surface area (Å²) in [6, 6.07) is 8.12. The van der Waals surface area contributed by atoms with Gasteiger partial charge in [0.2, 0.25) is 0 Å². The minimum absolute atomic E-state index is 0.789. The van der Waals surface area contributed by atoms with Crippen LogP contribution in [0.1, 0.15) is 19.3 Å². The summed E-state index contributed by atoms with van der Waals surface area (Å²) in [5, 5.41) is 0. The smallest absolute Gasteiger partial charge is 0.0753 e. The fourth-order valence-electron chi connectivity index (χ4n) is 1.61. The van der Waals surface area contributed by atoms with Crippen molar-refractivity contribution in [3.63, 3.8) is 0 Å². The molecule has 0 bridgehead atoms. The average Bonchev–Trinajstić information content (AvgIpc) is 2.37. The summed E-state index contributed by atoms with van der Waals surface area (Å²) < 4.78 is 2.24. The Labute approximate surface area is 114 Å². The van der Waals surface area contributed by atoms with Gasteiger partial charge in [-0.05, 0) is 50.5 Å². The lowest BCUT2D eigenvalue weighted by Crippen LogP contribution is -2.12. The highest BCUT2D eigenvalue weighted by Gasteiger charge is 2.05. The predicted octanol–water partition coefficient (Wildman–Crippen LogP) is 2.73. The maximum absolute atomic E-state index is 5.48. The Bertz CT molecular complexity index is 336. The maximum atomic E-state index is 5.48. The molecular weight excluding hydrogens is 246 g/mol. The van der Waals surface area contributed by atoms with Gasteiger partial charge in [-0.2, -0.15) is 0 Å². The SMILES string of the molecule is CONc1ccccc1SN(C)CCCCCN. The Morgan fingerprint density at radius 2 is 2.06 bits per heavy atom. The van der Waals surface area contributed by atoms with Crippen molar-refractivity contribution in [2.24, 2.45) is 5.73 Å². The highest BCUT2D eigenvalue weighted by atomic mass is 32.2. The van der Waals surface area contributed by atoms with Crippen LogP contribution in [0.2, 0.25) is 0 Å². The van der Waals surface area contributed by atoms with Crippen LogP contribution in [-0.4, -0.2) is 31.6 Å². The Balaban J connectivity index is 2.40. The molecule has 1 rings (SSSR count). The molecule has 3 N–H and O–H groups in total. The summed E-state index contributed by atoms with van der Waals surface area (Å²) >= 11 is 1.73. The van der Waals surface area contributed by atoms with E-state index in [1.54, 1.807) is 19.1 Å². The topological polar surface area (TPSA) is 50.5 Å². The van der Waals surface area contributed by atoms with E-state index in [4.69, 9.17) is 10.6 Å². The van der Waals surface area contributed by atoms with E-state index < -0.39 is 0 Å². The van der Waals surface area contributed by atoms with E-state index in [9.17, 15) is 0 Å². The van der Waals surface area contributed by atoms with E-state index in [-0.39, 0.29) is 0 Å². The van der Waals surface area contributed by atoms with Crippen LogP contribution in [0, 0.1) is 0 Å². The molecule has 0 spiro atoms. The lowest BCUT2D eigenvalue weighted by molar-refractivity contribution is 0.270. The lowest BCUT2D eigenvalue weighted by Gasteiger charge is -2.17. The standard InChI is InChI=1S/C13H23N3OS/c1-16(11-7-3-6-10-14)18-13-9-5-4-8-12(13)15-17-2/h4-5,8-9,15H,3,6-7,10-11,14H2,1-2H3. The number of rotatable bonds is 9. The van der Waals surface area contributed by atoms with Crippen molar-refractivity contribution >= 4 is 17.6 Å². The second-order valence-corrected chi connectivity index (χ2v) is 5.34. The largest absolute Gasteiger partial charge is 0.330 e. The van der Waals surface area contributed by atoms with Crippen molar-refractivity contribution in [3.8, 4) is 0 Å². The van der Waals surface area contributed by atoms with Gasteiger partial charge in [0, 0.05) is 11.4 Å². The summed E-state index contributed by atoms with van der Waals surface area (Å²) in [4.78, 5) is 6.13. The van der Waals surface area contributed by atoms with E-state index in [0.29, 0.717) is 0 Å². The summed E-state index contributed by atoms with van der Waals surface area (Å²) in [6.07, 6.45) is 3.49. The van der Waals surface area contributed by atoms with E-state index in [0.717, 1.165) is 25.2 Å². The highest BCUT2D eigenvalue weighted by Crippen LogP contribution is 2.29. The Morgan fingerprint density at radius 1 is 1.28 bits per heavy atom. The quantitative estimate of drug-likeness (QED) is 0.410. The van der Waals surface area contributed by atoms with Crippen LogP contribution in [0.25, 0.3) is 0 Å². The first-order valence-electron chi connectivity index (χ1n) is 6.25. The first-order chi connectivity index (χ1) is 8.77. The molecule has 0 aliphatic rings. The normalized spacial score (nSPS) is 10.9. The van der Waals surface area contributed by atoms with Crippen molar-refractivity contribution in [1.29, 1.82) is 0 Å². The van der Waals surface area contributed by atoms with Gasteiger partial charge in [-0.15, -0.1) is 0 Å². The number of anilines is 1. The molecular formula is C13H23N3OS. The molecule has 0 aliphatic carbocycles. The van der Waals surface area contributed by atoms with Gasteiger partial charge in [0.1, 0.15) is 0 Å². The first kappa shape index (κ1) is 15.3. The molecule has 18 heavy (non-hydrogen) atoms. The van der Waals surface area contributed by atoms with Gasteiger partial charge in [0.15, 0.2) is 0 Å². The van der Waals surface area contributed by atoms with Crippen molar-refractivity contribution in [1.82, 2.24) is 4.31 Å². The molecule has 0 radical (unpaired) electrons. The third-order valence-electron chi connectivity index (χ3n) is 2.53. The van der Waals surface area contributed by atoms with Gasteiger partial charge in [0.25, 0.3) is 0 Å². The fourth-order valence-corrected chi connectivity index (χ4v) is 2.51. The van der Waals surface area contributed by atoms with Crippen LogP contribution >= 0.6 is 11.9 Å². The fraction of sp³-hybridized carbons (Fsp3) is 0.538. The number of hydrogen-bond acceptors (Lipinski definition) is 5. The minimum atomic E-state index is 0.789. The van der Waals surface area contributed by atoms with Crippen LogP contribution in [0.4, 0.5) is 5.69 Å². The minimum Gasteiger partial charge on any atom is -0.330 e. The van der Waals surface area contributed by atoms with Gasteiger partial charge in [-0.3, -0.25) is 10.3 Å². The Morgan fingerprint density at radius 3 is 2.78 bits per heavy atom. The molecule has 1 aromatic carbocycles. The van der Waals surface area contributed by atoms with Gasteiger partial charge >= 0.3 is 0 Å². The number of nitrogens with one attached hydrogen (secondary N) is 1. The molecule has 5 heteroatoms. The van der Waals surface area contributed by atoms with Crippen molar-refractivity contribution < 1.29 is 4.84 Å². The van der Waals surface area contributed by atoms with Crippen LogP contribution in [-0.2, 0) is 4.84 Å². The molecule has 0 unspecified atom stereocenters. The predicted molar refractivity (Wildman–Crippen MR) is 78.5 cm³/mol. The maximum Gasteiger partial charge on any atom is 0.0753 e. The summed E-state index contributed by atoms with van der Waals surface area (Å²) in [7, 11) is 3.73. The second kappa shape index (κ2) is 9.22. The van der Waals surface area contributed by atoms with Crippen LogP contribution in [0.15, 0.2) is 29.2 Å². The molecule has 0 aliphatic heterocycles. The monoisotopic (exact) mass is 269 g/mol. The molecule has 0 saturated heterocycles. The van der Waals surface area contributed by atoms with Crippen LogP contribution in [0.3, 0.4) is 0 Å². The van der Waals surface area contributed by atoms with E-state index in [1.165, 1.54) is 17.7 Å². The molecule has 4 nitrogen and oxygen atoms in total. The second-order valence-electron chi connectivity index (χ2n) is 4.09. The van der Waals surface area contributed by atoms with Gasteiger partial charge in [-0.25, -0.2) is 4.31 Å². The van der Waals surface area contributed by atoms with Crippen molar-refractivity contribution in [2.75, 3.05) is 32.7 Å². The zero-order chi connectivity index (χ0) is 13.2. The Hall–Kier alpha value is -0.750. The Kier molecular flexibility index (Phi) is 7.84. The van der Waals surface area contributed by atoms with Gasteiger partial charge in [0.05, 0.1) is 12.8 Å². The average molecular weight is 269 g/mol. The number of nitrogens with two attached hydrogens (primary N) is 1. The number of para-hydroxylation sites is 1. The van der Waals surface area contributed by atoms with Crippen LogP contribution < -0.4 is 11.2 Å². The lowest BCUT2D eigenvalue weighted by atomic mass is 10.2. The molecule has 0 heterocycles. The highest BCUT2D eigenvalue weighted by molar-refractivity contribution is 7.97. The zero-order valence-corrected chi connectivity index (χ0v) is 12.0. The van der Waals surface area contributed by atoms with Gasteiger partial charge < -0.3 is 5.73 Å². The summed E-state index contributed by atoms with van der Waals surface area (Å²) in [5.41, 5.74) is 9.37. The third kappa shape index (κ3) is 5.73. The molecule has 0 amide bonds. The first-order valence-corrected chi connectivity index (χ1v) is 7.02. The number of nitrogens with zero attached hydrogens (tertiary/aromatic N) is 1. The van der Waals surface area contributed by atoms with Crippen molar-refractivity contribution in [2.45, 2.75) is 24.2 Å². The van der Waals surface area contributed by atoms with E-state index in [1.807, 2.05) is 18.2 Å². The number of benzene rings is 1. The third-order valence-corrected chi connectivity index (χ3v) is 3.58. The molecule has 0 saturated carbocycles. The summed E-state index contributed by atoms with van der Waals surface area (Å²) in [5.74, 6) is 0. The number of hydrogen-bond donors (Lipinski definition) is 2. The summed E-state index contributed by atoms with van der Waals surface area (Å²) in [6.45, 7) is 1.85. The molecule has 1 aromatic rings.